The van der Waals surface area contributed by atoms with Crippen molar-refractivity contribution < 1.29 is 4.39 Å². The van der Waals surface area contributed by atoms with Crippen molar-refractivity contribution in [2.45, 2.75) is 33.5 Å². The van der Waals surface area contributed by atoms with Crippen LogP contribution in [0.5, 0.6) is 0 Å². The Labute approximate surface area is 106 Å². The fraction of sp³-hybridized carbons (Fsp3) is 0.500. The van der Waals surface area contributed by atoms with Crippen LogP contribution in [0.25, 0.3) is 0 Å². The highest BCUT2D eigenvalue weighted by Crippen LogP contribution is 2.10. The number of hydrogen-bond acceptors (Lipinski definition) is 3. The molecular formula is C12H18FN5. The van der Waals surface area contributed by atoms with Crippen LogP contribution in [0.2, 0.25) is 0 Å². The van der Waals surface area contributed by atoms with Gasteiger partial charge in [-0.15, -0.1) is 0 Å². The molecule has 5 nitrogen and oxygen atoms in total. The standard InChI is InChI=1S/C12H18FN5/c1-4-18-6-5-10(16-18)7-14-8-11-9(2)15-17(3)12(11)13/h5-6,14H,4,7-8H2,1-3H3. The molecule has 0 aliphatic heterocycles. The highest BCUT2D eigenvalue weighted by Gasteiger charge is 2.12. The lowest BCUT2D eigenvalue weighted by Crippen LogP contribution is -2.15. The molecule has 6 heteroatoms. The van der Waals surface area contributed by atoms with E-state index in [1.165, 1.54) is 4.68 Å². The molecule has 0 saturated heterocycles. The number of aromatic nitrogens is 4. The van der Waals surface area contributed by atoms with Gasteiger partial charge in [-0.1, -0.05) is 0 Å². The first-order chi connectivity index (χ1) is 8.61. The van der Waals surface area contributed by atoms with E-state index in [1.807, 2.05) is 30.8 Å². The number of aryl methyl sites for hydroxylation is 3. The van der Waals surface area contributed by atoms with Crippen LogP contribution in [0.4, 0.5) is 4.39 Å². The fourth-order valence-corrected chi connectivity index (χ4v) is 1.86. The predicted octanol–water partition coefficient (Wildman–Crippen LogP) is 1.37. The molecular weight excluding hydrogens is 233 g/mol. The summed E-state index contributed by atoms with van der Waals surface area (Å²) in [7, 11) is 1.61. The Hall–Kier alpha value is -1.69. The quantitative estimate of drug-likeness (QED) is 0.873. The van der Waals surface area contributed by atoms with E-state index < -0.39 is 0 Å². The minimum absolute atomic E-state index is 0.279. The molecule has 2 aromatic heterocycles. The van der Waals surface area contributed by atoms with E-state index in [4.69, 9.17) is 0 Å². The van der Waals surface area contributed by atoms with E-state index in [1.54, 1.807) is 7.05 Å². The third-order valence-electron chi connectivity index (χ3n) is 2.90. The van der Waals surface area contributed by atoms with E-state index in [-0.39, 0.29) is 5.95 Å². The zero-order valence-corrected chi connectivity index (χ0v) is 10.9. The van der Waals surface area contributed by atoms with Crippen molar-refractivity contribution in [1.29, 1.82) is 0 Å². The van der Waals surface area contributed by atoms with Crippen LogP contribution in [-0.2, 0) is 26.7 Å². The fourth-order valence-electron chi connectivity index (χ4n) is 1.86. The van der Waals surface area contributed by atoms with Crippen LogP contribution >= 0.6 is 0 Å². The van der Waals surface area contributed by atoms with E-state index in [9.17, 15) is 4.39 Å². The summed E-state index contributed by atoms with van der Waals surface area (Å²) in [6.07, 6.45) is 1.94. The summed E-state index contributed by atoms with van der Waals surface area (Å²) in [4.78, 5) is 0. The van der Waals surface area contributed by atoms with E-state index in [0.29, 0.717) is 18.7 Å². The molecule has 0 atom stereocenters. The number of nitrogens with one attached hydrogen (secondary N) is 1. The molecule has 0 bridgehead atoms. The molecule has 2 rings (SSSR count). The van der Waals surface area contributed by atoms with Gasteiger partial charge in [0.2, 0.25) is 5.95 Å². The van der Waals surface area contributed by atoms with Gasteiger partial charge in [0.25, 0.3) is 0 Å². The molecule has 0 unspecified atom stereocenters. The molecule has 0 saturated carbocycles. The van der Waals surface area contributed by atoms with Gasteiger partial charge in [-0.3, -0.25) is 4.68 Å². The van der Waals surface area contributed by atoms with Gasteiger partial charge in [0.05, 0.1) is 11.4 Å². The number of nitrogens with zero attached hydrogens (tertiary/aromatic N) is 4. The first-order valence-corrected chi connectivity index (χ1v) is 6.02. The Morgan fingerprint density at radius 2 is 2.11 bits per heavy atom. The summed E-state index contributed by atoms with van der Waals surface area (Å²) in [5.74, 6) is -0.279. The van der Waals surface area contributed by atoms with Crippen LogP contribution in [-0.4, -0.2) is 19.6 Å². The molecule has 2 aromatic rings. The van der Waals surface area contributed by atoms with Crippen molar-refractivity contribution in [3.8, 4) is 0 Å². The van der Waals surface area contributed by atoms with Crippen LogP contribution in [0.3, 0.4) is 0 Å². The molecule has 0 radical (unpaired) electrons. The van der Waals surface area contributed by atoms with Crippen LogP contribution < -0.4 is 5.32 Å². The van der Waals surface area contributed by atoms with Gasteiger partial charge in [-0.2, -0.15) is 14.6 Å². The third kappa shape index (κ3) is 2.59. The average Bonchev–Trinajstić information content (AvgIpc) is 2.89. The maximum atomic E-state index is 13.6. The van der Waals surface area contributed by atoms with Gasteiger partial charge >= 0.3 is 0 Å². The van der Waals surface area contributed by atoms with Crippen molar-refractivity contribution in [2.24, 2.45) is 7.05 Å². The zero-order valence-electron chi connectivity index (χ0n) is 10.9. The van der Waals surface area contributed by atoms with Gasteiger partial charge in [0.15, 0.2) is 0 Å². The molecule has 0 spiro atoms. The monoisotopic (exact) mass is 251 g/mol. The summed E-state index contributed by atoms with van der Waals surface area (Å²) in [6.45, 7) is 5.80. The zero-order chi connectivity index (χ0) is 13.1. The normalized spacial score (nSPS) is 11.1. The number of halogens is 1. The lowest BCUT2D eigenvalue weighted by molar-refractivity contribution is 0.489. The summed E-state index contributed by atoms with van der Waals surface area (Å²) in [5.41, 5.74) is 2.30. The Kier molecular flexibility index (Phi) is 3.76. The molecule has 0 aliphatic rings. The molecule has 0 fully saturated rings. The van der Waals surface area contributed by atoms with Gasteiger partial charge in [-0.05, 0) is 19.9 Å². The molecule has 98 valence electrons. The number of hydrogen-bond donors (Lipinski definition) is 1. The van der Waals surface area contributed by atoms with E-state index in [0.717, 1.165) is 17.9 Å². The number of rotatable bonds is 5. The van der Waals surface area contributed by atoms with Crippen molar-refractivity contribution in [3.63, 3.8) is 0 Å². The molecule has 0 amide bonds. The maximum absolute atomic E-state index is 13.6. The Bertz CT molecular complexity index is 529. The average molecular weight is 251 g/mol. The molecule has 18 heavy (non-hydrogen) atoms. The van der Waals surface area contributed by atoms with E-state index >= 15 is 0 Å². The largest absolute Gasteiger partial charge is 0.307 e. The predicted molar refractivity (Wildman–Crippen MR) is 66.3 cm³/mol. The first kappa shape index (κ1) is 12.8. The second kappa shape index (κ2) is 5.30. The summed E-state index contributed by atoms with van der Waals surface area (Å²) in [6, 6.07) is 1.96. The van der Waals surface area contributed by atoms with Crippen molar-refractivity contribution in [3.05, 3.63) is 35.2 Å². The minimum atomic E-state index is -0.279. The topological polar surface area (TPSA) is 47.7 Å². The molecule has 0 aliphatic carbocycles. The van der Waals surface area contributed by atoms with Crippen molar-refractivity contribution in [1.82, 2.24) is 24.9 Å². The van der Waals surface area contributed by atoms with E-state index in [2.05, 4.69) is 15.5 Å². The lowest BCUT2D eigenvalue weighted by Gasteiger charge is -2.02. The lowest BCUT2D eigenvalue weighted by atomic mass is 10.2. The Morgan fingerprint density at radius 1 is 1.33 bits per heavy atom. The van der Waals surface area contributed by atoms with Crippen molar-refractivity contribution >= 4 is 0 Å². The Morgan fingerprint density at radius 3 is 2.67 bits per heavy atom. The second-order valence-electron chi connectivity index (χ2n) is 4.24. The van der Waals surface area contributed by atoms with Gasteiger partial charge in [-0.25, -0.2) is 4.68 Å². The highest BCUT2D eigenvalue weighted by molar-refractivity contribution is 5.17. The summed E-state index contributed by atoms with van der Waals surface area (Å²) >= 11 is 0. The molecule has 1 N–H and O–H groups in total. The first-order valence-electron chi connectivity index (χ1n) is 6.02. The van der Waals surface area contributed by atoms with Crippen LogP contribution in [0.15, 0.2) is 12.3 Å². The Balaban J connectivity index is 1.92. The SMILES string of the molecule is CCn1ccc(CNCc2c(C)nn(C)c2F)n1. The maximum Gasteiger partial charge on any atom is 0.215 e. The molecule has 2 heterocycles. The van der Waals surface area contributed by atoms with Crippen LogP contribution in [0.1, 0.15) is 23.9 Å². The highest BCUT2D eigenvalue weighted by atomic mass is 19.1. The molecule has 0 aromatic carbocycles. The minimum Gasteiger partial charge on any atom is -0.307 e. The second-order valence-corrected chi connectivity index (χ2v) is 4.24. The van der Waals surface area contributed by atoms with Crippen molar-refractivity contribution in [2.75, 3.05) is 0 Å². The van der Waals surface area contributed by atoms with Gasteiger partial charge in [0.1, 0.15) is 0 Å². The smallest absolute Gasteiger partial charge is 0.215 e. The third-order valence-corrected chi connectivity index (χ3v) is 2.90. The summed E-state index contributed by atoms with van der Waals surface area (Å²) in [5, 5.41) is 11.6. The summed E-state index contributed by atoms with van der Waals surface area (Å²) < 4.78 is 16.8. The van der Waals surface area contributed by atoms with Gasteiger partial charge < -0.3 is 5.32 Å². The van der Waals surface area contributed by atoms with Gasteiger partial charge in [0, 0.05) is 38.4 Å². The van der Waals surface area contributed by atoms with Crippen LogP contribution in [0, 0.1) is 12.9 Å².